The molecule has 0 amide bonds. The van der Waals surface area contributed by atoms with Gasteiger partial charge in [-0.2, -0.15) is 0 Å². The molecule has 1 aromatic carbocycles. The van der Waals surface area contributed by atoms with Crippen molar-refractivity contribution in [1.82, 2.24) is 0 Å². The molecule has 0 saturated heterocycles. The molecule has 0 fully saturated rings. The van der Waals surface area contributed by atoms with Gasteiger partial charge in [-0.3, -0.25) is 4.79 Å². The van der Waals surface area contributed by atoms with Gasteiger partial charge in [-0.25, -0.2) is 8.78 Å². The maximum Gasteiger partial charge on any atom is 0.325 e. The first kappa shape index (κ1) is 12.1. The van der Waals surface area contributed by atoms with Gasteiger partial charge in [-0.05, 0) is 17.7 Å². The van der Waals surface area contributed by atoms with Gasteiger partial charge in [0.1, 0.15) is 6.04 Å². The van der Waals surface area contributed by atoms with Crippen molar-refractivity contribution in [2.45, 2.75) is 6.04 Å². The van der Waals surface area contributed by atoms with E-state index in [0.717, 1.165) is 18.2 Å². The molecule has 0 aliphatic heterocycles. The molecule has 0 heterocycles. The number of aromatic hydroxyl groups is 1. The first-order chi connectivity index (χ1) is 7.47. The van der Waals surface area contributed by atoms with Gasteiger partial charge in [0.25, 0.3) is 0 Å². The van der Waals surface area contributed by atoms with Crippen LogP contribution in [0.5, 0.6) is 5.75 Å². The van der Waals surface area contributed by atoms with E-state index in [1.807, 2.05) is 0 Å². The number of aliphatic carboxylic acids is 1. The Morgan fingerprint density at radius 3 is 2.56 bits per heavy atom. The van der Waals surface area contributed by atoms with Gasteiger partial charge in [0.2, 0.25) is 0 Å². The Morgan fingerprint density at radius 1 is 1.50 bits per heavy atom. The van der Waals surface area contributed by atoms with Gasteiger partial charge in [0.15, 0.2) is 11.6 Å². The van der Waals surface area contributed by atoms with Crippen LogP contribution < -0.4 is 5.73 Å². The molecular weight excluding hydrogens is 220 g/mol. The summed E-state index contributed by atoms with van der Waals surface area (Å²) in [5.41, 5.74) is 4.87. The van der Waals surface area contributed by atoms with E-state index in [4.69, 9.17) is 15.9 Å². The van der Waals surface area contributed by atoms with Crippen LogP contribution in [0.1, 0.15) is 5.56 Å². The molecule has 1 aromatic rings. The lowest BCUT2D eigenvalue weighted by atomic mass is 10.0. The Kier molecular flexibility index (Phi) is 3.57. The molecule has 6 heteroatoms. The molecule has 0 bridgehead atoms. The molecule has 0 aliphatic rings. The number of hydrogen-bond acceptors (Lipinski definition) is 3. The van der Waals surface area contributed by atoms with Crippen molar-refractivity contribution in [1.29, 1.82) is 0 Å². The largest absolute Gasteiger partial charge is 0.505 e. The van der Waals surface area contributed by atoms with E-state index in [1.165, 1.54) is 0 Å². The number of phenolic OH excluding ortho intramolecular Hbond substituents is 1. The van der Waals surface area contributed by atoms with Gasteiger partial charge in [0, 0.05) is 5.57 Å². The second-order valence-electron chi connectivity index (χ2n) is 3.05. The Labute approximate surface area is 89.6 Å². The molecule has 16 heavy (non-hydrogen) atoms. The summed E-state index contributed by atoms with van der Waals surface area (Å²) in [6.07, 6.45) is 0.0193. The minimum Gasteiger partial charge on any atom is -0.505 e. The second kappa shape index (κ2) is 4.71. The molecule has 0 saturated carbocycles. The van der Waals surface area contributed by atoms with Crippen molar-refractivity contribution in [2.75, 3.05) is 0 Å². The summed E-state index contributed by atoms with van der Waals surface area (Å²) in [5.74, 6) is -3.01. The first-order valence-electron chi connectivity index (χ1n) is 4.25. The standard InChI is InChI=1S/C10H9F2NO3/c11-4-6(9(13)10(15)16)5-1-2-7(12)8(14)3-5/h1-4,9,14H,13H2,(H,15,16)/b6-4+/t9-/m0/s1. The molecule has 0 unspecified atom stereocenters. The van der Waals surface area contributed by atoms with Crippen molar-refractivity contribution < 1.29 is 23.8 Å². The number of halogens is 2. The Morgan fingerprint density at radius 2 is 2.12 bits per heavy atom. The number of nitrogens with two attached hydrogens (primary N) is 1. The SMILES string of the molecule is N[C@H](C(=O)O)/C(=C/F)c1ccc(F)c(O)c1. The van der Waals surface area contributed by atoms with E-state index in [0.29, 0.717) is 0 Å². The van der Waals surface area contributed by atoms with Crippen molar-refractivity contribution in [3.05, 3.63) is 35.9 Å². The van der Waals surface area contributed by atoms with Crippen molar-refractivity contribution in [3.63, 3.8) is 0 Å². The van der Waals surface area contributed by atoms with Gasteiger partial charge in [0.05, 0.1) is 6.33 Å². The fourth-order valence-corrected chi connectivity index (χ4v) is 1.14. The average Bonchev–Trinajstić information content (AvgIpc) is 2.24. The minimum absolute atomic E-state index is 0.0105. The Hall–Kier alpha value is -1.95. The van der Waals surface area contributed by atoms with E-state index in [1.54, 1.807) is 0 Å². The molecule has 86 valence electrons. The normalized spacial score (nSPS) is 13.6. The molecule has 4 N–H and O–H groups in total. The zero-order valence-corrected chi connectivity index (χ0v) is 8.02. The highest BCUT2D eigenvalue weighted by Crippen LogP contribution is 2.24. The lowest BCUT2D eigenvalue weighted by Crippen LogP contribution is -2.31. The number of phenols is 1. The highest BCUT2D eigenvalue weighted by molar-refractivity contribution is 5.90. The summed E-state index contributed by atoms with van der Waals surface area (Å²) < 4.78 is 25.2. The summed E-state index contributed by atoms with van der Waals surface area (Å²) >= 11 is 0. The highest BCUT2D eigenvalue weighted by atomic mass is 19.1. The van der Waals surface area contributed by atoms with Crippen molar-refractivity contribution in [2.24, 2.45) is 5.73 Å². The molecule has 4 nitrogen and oxygen atoms in total. The maximum absolute atomic E-state index is 12.7. The molecule has 0 aliphatic carbocycles. The van der Waals surface area contributed by atoms with Crippen molar-refractivity contribution in [3.8, 4) is 5.75 Å². The molecule has 1 rings (SSSR count). The van der Waals surface area contributed by atoms with Gasteiger partial charge in [-0.15, -0.1) is 0 Å². The molecular formula is C10H9F2NO3. The number of carboxylic acids is 1. The van der Waals surface area contributed by atoms with Crippen LogP contribution >= 0.6 is 0 Å². The van der Waals surface area contributed by atoms with Crippen LogP contribution in [0.15, 0.2) is 24.5 Å². The monoisotopic (exact) mass is 229 g/mol. The number of rotatable bonds is 3. The third-order valence-corrected chi connectivity index (χ3v) is 2.00. The predicted molar refractivity (Wildman–Crippen MR) is 52.8 cm³/mol. The number of hydrogen-bond donors (Lipinski definition) is 3. The third kappa shape index (κ3) is 2.34. The molecule has 0 spiro atoms. The van der Waals surface area contributed by atoms with Crippen LogP contribution in [0.2, 0.25) is 0 Å². The minimum atomic E-state index is -1.57. The van der Waals surface area contributed by atoms with Crippen LogP contribution in [-0.2, 0) is 4.79 Å². The number of benzene rings is 1. The van der Waals surface area contributed by atoms with E-state index in [2.05, 4.69) is 0 Å². The highest BCUT2D eigenvalue weighted by Gasteiger charge is 2.20. The average molecular weight is 229 g/mol. The zero-order valence-electron chi connectivity index (χ0n) is 8.02. The zero-order chi connectivity index (χ0) is 12.3. The van der Waals surface area contributed by atoms with Crippen LogP contribution in [0.3, 0.4) is 0 Å². The smallest absolute Gasteiger partial charge is 0.325 e. The lowest BCUT2D eigenvalue weighted by molar-refractivity contribution is -0.137. The quantitative estimate of drug-likeness (QED) is 0.728. The molecule has 1 atom stereocenters. The topological polar surface area (TPSA) is 83.6 Å². The summed E-state index contributed by atoms with van der Waals surface area (Å²) in [6.45, 7) is 0. The van der Waals surface area contributed by atoms with Gasteiger partial charge < -0.3 is 15.9 Å². The van der Waals surface area contributed by atoms with Crippen LogP contribution in [0, 0.1) is 5.82 Å². The molecule has 0 radical (unpaired) electrons. The van der Waals surface area contributed by atoms with E-state index < -0.39 is 23.6 Å². The van der Waals surface area contributed by atoms with E-state index in [9.17, 15) is 13.6 Å². The lowest BCUT2D eigenvalue weighted by Gasteiger charge is -2.10. The summed E-state index contributed by atoms with van der Waals surface area (Å²) in [6, 6.07) is 1.35. The first-order valence-corrected chi connectivity index (χ1v) is 4.25. The molecule has 0 aromatic heterocycles. The van der Waals surface area contributed by atoms with Crippen LogP contribution in [0.25, 0.3) is 5.57 Å². The summed E-state index contributed by atoms with van der Waals surface area (Å²) in [4.78, 5) is 10.6. The summed E-state index contributed by atoms with van der Waals surface area (Å²) in [5, 5.41) is 17.7. The second-order valence-corrected chi connectivity index (χ2v) is 3.05. The number of carboxylic acid groups (broad SMARTS) is 1. The van der Waals surface area contributed by atoms with Gasteiger partial charge >= 0.3 is 5.97 Å². The Balaban J connectivity index is 3.15. The predicted octanol–water partition coefficient (Wildman–Crippen LogP) is 1.25. The number of carbonyl (C=O) groups is 1. The fourth-order valence-electron chi connectivity index (χ4n) is 1.14. The third-order valence-electron chi connectivity index (χ3n) is 2.00. The summed E-state index contributed by atoms with van der Waals surface area (Å²) in [7, 11) is 0. The fraction of sp³-hybridized carbons (Fsp3) is 0.100. The van der Waals surface area contributed by atoms with Crippen LogP contribution in [-0.4, -0.2) is 22.2 Å². The Bertz CT molecular complexity index is 446. The van der Waals surface area contributed by atoms with Gasteiger partial charge in [-0.1, -0.05) is 6.07 Å². The van der Waals surface area contributed by atoms with Crippen molar-refractivity contribution >= 4 is 11.5 Å². The maximum atomic E-state index is 12.7. The van der Waals surface area contributed by atoms with E-state index in [-0.39, 0.29) is 17.5 Å². The van der Waals surface area contributed by atoms with E-state index >= 15 is 0 Å². The van der Waals surface area contributed by atoms with Crippen LogP contribution in [0.4, 0.5) is 8.78 Å².